The van der Waals surface area contributed by atoms with E-state index in [4.69, 9.17) is 4.74 Å². The van der Waals surface area contributed by atoms with E-state index in [0.29, 0.717) is 45.7 Å². The molecule has 3 aromatic rings. The van der Waals surface area contributed by atoms with E-state index in [0.717, 1.165) is 5.56 Å². The van der Waals surface area contributed by atoms with Gasteiger partial charge in [0.15, 0.2) is 5.78 Å². The van der Waals surface area contributed by atoms with E-state index in [1.165, 1.54) is 12.0 Å². The number of ketones is 1. The molecule has 1 saturated heterocycles. The molecule has 4 rings (SSSR count). The van der Waals surface area contributed by atoms with Crippen LogP contribution < -0.4 is 15.4 Å². The highest BCUT2D eigenvalue weighted by molar-refractivity contribution is 9.10. The Bertz CT molecular complexity index is 1370. The summed E-state index contributed by atoms with van der Waals surface area (Å²) in [6.07, 6.45) is 0.487. The van der Waals surface area contributed by atoms with Crippen molar-refractivity contribution in [1.29, 1.82) is 0 Å². The number of benzene rings is 3. The standard InChI is InChI=1S/C29H29BrFN3O5/c1-19-6-3-4-7-24(19)32-28(37)33-25-13-8-20(16-23(25)30)17-26(35)29(31)14-5-15-34(29)18-39-22-11-9-21(10-12-22)27(36)38-2/h3-4,6-13,16H,5,14-15,17-18H2,1-2H3,(H2,32,33,37). The Morgan fingerprint density at radius 3 is 2.44 bits per heavy atom. The van der Waals surface area contributed by atoms with E-state index < -0.39 is 23.6 Å². The molecule has 8 nitrogen and oxygen atoms in total. The fourth-order valence-electron chi connectivity index (χ4n) is 4.36. The molecule has 39 heavy (non-hydrogen) atoms. The molecule has 0 bridgehead atoms. The molecule has 2 N–H and O–H groups in total. The maximum absolute atomic E-state index is 15.9. The highest BCUT2D eigenvalue weighted by Gasteiger charge is 2.47. The fourth-order valence-corrected chi connectivity index (χ4v) is 4.88. The third kappa shape index (κ3) is 6.82. The van der Waals surface area contributed by atoms with Gasteiger partial charge in [-0.3, -0.25) is 4.79 Å². The second-order valence-corrected chi connectivity index (χ2v) is 10.1. The molecule has 1 atom stereocenters. The number of likely N-dealkylation sites (tertiary alicyclic amines) is 1. The van der Waals surface area contributed by atoms with Crippen LogP contribution in [0.15, 0.2) is 71.2 Å². The summed E-state index contributed by atoms with van der Waals surface area (Å²) in [7, 11) is 1.30. The lowest BCUT2D eigenvalue weighted by molar-refractivity contribution is -0.144. The number of carbonyl (C=O) groups excluding carboxylic acids is 3. The first kappa shape index (κ1) is 28.3. The first-order valence-electron chi connectivity index (χ1n) is 12.4. The first-order valence-corrected chi connectivity index (χ1v) is 13.2. The molecule has 204 valence electrons. The molecule has 2 amide bonds. The molecule has 1 aliphatic heterocycles. The molecule has 1 aliphatic rings. The zero-order chi connectivity index (χ0) is 28.0. The number of ether oxygens (including phenoxy) is 2. The number of hydrogen-bond donors (Lipinski definition) is 2. The lowest BCUT2D eigenvalue weighted by Crippen LogP contribution is -2.49. The minimum Gasteiger partial charge on any atom is -0.478 e. The molecule has 0 radical (unpaired) electrons. The Morgan fingerprint density at radius 1 is 1.03 bits per heavy atom. The van der Waals surface area contributed by atoms with Crippen molar-refractivity contribution in [2.45, 2.75) is 32.0 Å². The van der Waals surface area contributed by atoms with Crippen molar-refractivity contribution in [2.75, 3.05) is 31.0 Å². The quantitative estimate of drug-likeness (QED) is 0.228. The first-order chi connectivity index (χ1) is 18.7. The van der Waals surface area contributed by atoms with Crippen molar-refractivity contribution in [3.05, 3.63) is 87.9 Å². The van der Waals surface area contributed by atoms with Crippen molar-refractivity contribution in [1.82, 2.24) is 4.90 Å². The van der Waals surface area contributed by atoms with Gasteiger partial charge < -0.3 is 20.1 Å². The van der Waals surface area contributed by atoms with Crippen molar-refractivity contribution < 1.29 is 28.2 Å². The van der Waals surface area contributed by atoms with Crippen LogP contribution in [-0.4, -0.2) is 48.9 Å². The summed E-state index contributed by atoms with van der Waals surface area (Å²) in [5.41, 5.74) is 3.13. The van der Waals surface area contributed by atoms with E-state index >= 15 is 4.39 Å². The molecule has 0 saturated carbocycles. The summed E-state index contributed by atoms with van der Waals surface area (Å²) >= 11 is 3.44. The SMILES string of the molecule is COC(=O)c1ccc(OCN2CCCC2(F)C(=O)Cc2ccc(NC(=O)Nc3ccccc3C)c(Br)c2)cc1. The number of Topliss-reactive ketones (excluding diaryl/α,β-unsaturated/α-hetero) is 1. The van der Waals surface area contributed by atoms with Crippen LogP contribution in [0.4, 0.5) is 20.6 Å². The van der Waals surface area contributed by atoms with Gasteiger partial charge in [0.2, 0.25) is 5.79 Å². The average molecular weight is 598 g/mol. The number of nitrogens with zero attached hydrogens (tertiary/aromatic N) is 1. The Labute approximate surface area is 234 Å². The Kier molecular flexibility index (Phi) is 8.98. The van der Waals surface area contributed by atoms with Crippen molar-refractivity contribution in [2.24, 2.45) is 0 Å². The average Bonchev–Trinajstić information content (AvgIpc) is 3.31. The third-order valence-corrected chi connectivity index (χ3v) is 7.22. The fraction of sp³-hybridized carbons (Fsp3) is 0.276. The minimum absolute atomic E-state index is 0.0797. The number of hydrogen-bond acceptors (Lipinski definition) is 6. The van der Waals surface area contributed by atoms with E-state index in [2.05, 4.69) is 31.3 Å². The smallest absolute Gasteiger partial charge is 0.337 e. The Balaban J connectivity index is 1.35. The van der Waals surface area contributed by atoms with Crippen molar-refractivity contribution in [3.63, 3.8) is 0 Å². The number of methoxy groups -OCH3 is 1. The monoisotopic (exact) mass is 597 g/mol. The van der Waals surface area contributed by atoms with Gasteiger partial charge in [-0.05, 0) is 82.9 Å². The number of carbonyl (C=O) groups is 3. The van der Waals surface area contributed by atoms with E-state index in [-0.39, 0.29) is 19.6 Å². The molecular formula is C29H29BrFN3O5. The summed E-state index contributed by atoms with van der Waals surface area (Å²) in [5, 5.41) is 5.58. The van der Waals surface area contributed by atoms with Crippen LogP contribution in [-0.2, 0) is 16.0 Å². The van der Waals surface area contributed by atoms with Gasteiger partial charge in [0.25, 0.3) is 0 Å². The number of anilines is 2. The molecule has 0 aliphatic carbocycles. The third-order valence-electron chi connectivity index (χ3n) is 6.57. The predicted octanol–water partition coefficient (Wildman–Crippen LogP) is 6.10. The maximum Gasteiger partial charge on any atom is 0.337 e. The van der Waals surface area contributed by atoms with Gasteiger partial charge >= 0.3 is 12.0 Å². The molecule has 0 spiro atoms. The van der Waals surface area contributed by atoms with Crippen LogP contribution in [0.3, 0.4) is 0 Å². The molecule has 0 aromatic heterocycles. The topological polar surface area (TPSA) is 97.0 Å². The molecule has 1 fully saturated rings. The predicted molar refractivity (Wildman–Crippen MR) is 150 cm³/mol. The number of para-hydroxylation sites is 1. The summed E-state index contributed by atoms with van der Waals surface area (Å²) < 4.78 is 26.9. The molecule has 3 aromatic carbocycles. The number of esters is 1. The number of halogens is 2. The highest BCUT2D eigenvalue weighted by Crippen LogP contribution is 2.34. The summed E-state index contributed by atoms with van der Waals surface area (Å²) in [4.78, 5) is 38.5. The van der Waals surface area contributed by atoms with Crippen molar-refractivity contribution >= 4 is 45.1 Å². The molecular weight excluding hydrogens is 569 g/mol. The highest BCUT2D eigenvalue weighted by atomic mass is 79.9. The van der Waals surface area contributed by atoms with Crippen LogP contribution in [0, 0.1) is 6.92 Å². The van der Waals surface area contributed by atoms with Gasteiger partial charge in [0.1, 0.15) is 12.5 Å². The number of aryl methyl sites for hydroxylation is 1. The van der Waals surface area contributed by atoms with Gasteiger partial charge in [-0.25, -0.2) is 18.9 Å². The normalized spacial score (nSPS) is 16.9. The number of rotatable bonds is 9. The largest absolute Gasteiger partial charge is 0.478 e. The van der Waals surface area contributed by atoms with Gasteiger partial charge in [0, 0.05) is 29.5 Å². The zero-order valence-electron chi connectivity index (χ0n) is 21.6. The van der Waals surface area contributed by atoms with Crippen LogP contribution in [0.2, 0.25) is 0 Å². The summed E-state index contributed by atoms with van der Waals surface area (Å²) in [6, 6.07) is 18.4. The number of alkyl halides is 1. The maximum atomic E-state index is 15.9. The second-order valence-electron chi connectivity index (χ2n) is 9.22. The lowest BCUT2D eigenvalue weighted by Gasteiger charge is -2.29. The van der Waals surface area contributed by atoms with Gasteiger partial charge in [-0.1, -0.05) is 24.3 Å². The number of amides is 2. The lowest BCUT2D eigenvalue weighted by atomic mass is 9.99. The van der Waals surface area contributed by atoms with E-state index in [1.807, 2.05) is 31.2 Å². The number of nitrogens with one attached hydrogen (secondary N) is 2. The van der Waals surface area contributed by atoms with Crippen LogP contribution in [0.25, 0.3) is 0 Å². The molecule has 1 unspecified atom stereocenters. The Morgan fingerprint density at radius 2 is 1.74 bits per heavy atom. The van der Waals surface area contributed by atoms with Crippen LogP contribution in [0.5, 0.6) is 5.75 Å². The Hall–Kier alpha value is -3.76. The van der Waals surface area contributed by atoms with Crippen LogP contribution >= 0.6 is 15.9 Å². The van der Waals surface area contributed by atoms with Gasteiger partial charge in [-0.15, -0.1) is 0 Å². The number of urea groups is 1. The minimum atomic E-state index is -2.15. The summed E-state index contributed by atoms with van der Waals surface area (Å²) in [5.74, 6) is -2.73. The van der Waals surface area contributed by atoms with Crippen molar-refractivity contribution in [3.8, 4) is 5.75 Å². The van der Waals surface area contributed by atoms with E-state index in [9.17, 15) is 14.4 Å². The molecule has 10 heteroatoms. The van der Waals surface area contributed by atoms with Gasteiger partial charge in [0.05, 0.1) is 18.4 Å². The van der Waals surface area contributed by atoms with E-state index in [1.54, 1.807) is 42.5 Å². The second kappa shape index (κ2) is 12.4. The van der Waals surface area contributed by atoms with Crippen LogP contribution in [0.1, 0.15) is 34.3 Å². The zero-order valence-corrected chi connectivity index (χ0v) is 23.2. The molecule has 1 heterocycles. The van der Waals surface area contributed by atoms with Gasteiger partial charge in [-0.2, -0.15) is 0 Å². The summed E-state index contributed by atoms with van der Waals surface area (Å²) in [6.45, 7) is 2.17.